The summed E-state index contributed by atoms with van der Waals surface area (Å²) in [5.41, 5.74) is -1.09. The molecule has 1 N–H and O–H groups in total. The van der Waals surface area contributed by atoms with Gasteiger partial charge in [0.05, 0.1) is 0 Å². The predicted octanol–water partition coefficient (Wildman–Crippen LogP) is 3.44. The standard InChI is InChI=1S/C20H31N3O3S/c1-14(2)8-10-22(11-9-15(3)4)17(24)13-23-18(25)20(5,21-19(23)26)16-7-6-12-27-16/h6-7,12,14-15H,8-11,13H2,1-5H3,(H,21,26). The van der Waals surface area contributed by atoms with E-state index in [9.17, 15) is 14.4 Å². The fourth-order valence-electron chi connectivity index (χ4n) is 3.00. The number of nitrogens with zero attached hydrogens (tertiary/aromatic N) is 2. The molecule has 1 atom stereocenters. The highest BCUT2D eigenvalue weighted by molar-refractivity contribution is 7.10. The number of urea groups is 1. The number of nitrogens with one attached hydrogen (secondary N) is 1. The van der Waals surface area contributed by atoms with Crippen LogP contribution in [0.5, 0.6) is 0 Å². The van der Waals surface area contributed by atoms with Crippen molar-refractivity contribution < 1.29 is 14.4 Å². The number of rotatable bonds is 9. The third-order valence-corrected chi connectivity index (χ3v) is 5.98. The number of carbonyl (C=O) groups excluding carboxylic acids is 3. The molecular formula is C20H31N3O3S. The second-order valence-electron chi connectivity index (χ2n) is 8.17. The molecule has 0 bridgehead atoms. The zero-order valence-electron chi connectivity index (χ0n) is 16.9. The van der Waals surface area contributed by atoms with Gasteiger partial charge in [0.25, 0.3) is 5.91 Å². The Balaban J connectivity index is 2.09. The Hall–Kier alpha value is -1.89. The summed E-state index contributed by atoms with van der Waals surface area (Å²) in [6, 6.07) is 3.17. The molecule has 1 saturated heterocycles. The Morgan fingerprint density at radius 1 is 1.19 bits per heavy atom. The molecule has 150 valence electrons. The quantitative estimate of drug-likeness (QED) is 0.654. The molecule has 0 saturated carbocycles. The van der Waals surface area contributed by atoms with E-state index in [2.05, 4.69) is 33.0 Å². The molecule has 4 amide bonds. The maximum Gasteiger partial charge on any atom is 0.325 e. The number of thiophene rings is 1. The van der Waals surface area contributed by atoms with Gasteiger partial charge in [-0.05, 0) is 43.0 Å². The van der Waals surface area contributed by atoms with Crippen LogP contribution in [0, 0.1) is 11.8 Å². The van der Waals surface area contributed by atoms with Crippen LogP contribution in [-0.2, 0) is 15.1 Å². The lowest BCUT2D eigenvalue weighted by molar-refractivity contribution is -0.139. The van der Waals surface area contributed by atoms with Crippen molar-refractivity contribution >= 4 is 29.2 Å². The smallest absolute Gasteiger partial charge is 0.325 e. The molecule has 0 aromatic carbocycles. The summed E-state index contributed by atoms with van der Waals surface area (Å²) in [7, 11) is 0. The van der Waals surface area contributed by atoms with Crippen LogP contribution in [0.15, 0.2) is 17.5 Å². The van der Waals surface area contributed by atoms with Crippen molar-refractivity contribution in [3.05, 3.63) is 22.4 Å². The zero-order valence-corrected chi connectivity index (χ0v) is 17.8. The number of amides is 4. The highest BCUT2D eigenvalue weighted by Gasteiger charge is 2.50. The van der Waals surface area contributed by atoms with E-state index in [4.69, 9.17) is 0 Å². The normalized spacial score (nSPS) is 19.9. The lowest BCUT2D eigenvalue weighted by Crippen LogP contribution is -2.45. The largest absolute Gasteiger partial charge is 0.341 e. The molecule has 1 aliphatic heterocycles. The first-order valence-electron chi connectivity index (χ1n) is 9.61. The minimum absolute atomic E-state index is 0.171. The van der Waals surface area contributed by atoms with Gasteiger partial charge in [0.1, 0.15) is 6.54 Å². The van der Waals surface area contributed by atoms with Crippen molar-refractivity contribution in [1.82, 2.24) is 15.1 Å². The molecular weight excluding hydrogens is 362 g/mol. The second kappa shape index (κ2) is 8.87. The topological polar surface area (TPSA) is 69.7 Å². The van der Waals surface area contributed by atoms with E-state index in [0.717, 1.165) is 22.6 Å². The molecule has 6 nitrogen and oxygen atoms in total. The monoisotopic (exact) mass is 393 g/mol. The van der Waals surface area contributed by atoms with Crippen LogP contribution in [-0.4, -0.2) is 47.3 Å². The van der Waals surface area contributed by atoms with Gasteiger partial charge in [-0.1, -0.05) is 33.8 Å². The summed E-state index contributed by atoms with van der Waals surface area (Å²) in [4.78, 5) is 41.8. The van der Waals surface area contributed by atoms with Gasteiger partial charge in [0.15, 0.2) is 5.54 Å². The van der Waals surface area contributed by atoms with Crippen LogP contribution < -0.4 is 5.32 Å². The molecule has 1 unspecified atom stereocenters. The molecule has 0 radical (unpaired) electrons. The van der Waals surface area contributed by atoms with Crippen molar-refractivity contribution in [3.8, 4) is 0 Å². The molecule has 0 spiro atoms. The number of imide groups is 1. The summed E-state index contributed by atoms with van der Waals surface area (Å²) in [6.07, 6.45) is 1.80. The Labute approximate surface area is 165 Å². The summed E-state index contributed by atoms with van der Waals surface area (Å²) < 4.78 is 0. The zero-order chi connectivity index (χ0) is 20.2. The van der Waals surface area contributed by atoms with Crippen molar-refractivity contribution in [2.45, 2.75) is 53.0 Å². The number of hydrogen-bond donors (Lipinski definition) is 1. The van der Waals surface area contributed by atoms with Crippen molar-refractivity contribution in [2.75, 3.05) is 19.6 Å². The Kier molecular flexibility index (Phi) is 7.03. The van der Waals surface area contributed by atoms with Crippen LogP contribution in [0.4, 0.5) is 4.79 Å². The molecule has 2 rings (SSSR count). The van der Waals surface area contributed by atoms with Gasteiger partial charge in [-0.25, -0.2) is 4.79 Å². The van der Waals surface area contributed by atoms with Crippen molar-refractivity contribution in [2.24, 2.45) is 11.8 Å². The highest BCUT2D eigenvalue weighted by atomic mass is 32.1. The van der Waals surface area contributed by atoms with Gasteiger partial charge in [0.2, 0.25) is 5.91 Å². The van der Waals surface area contributed by atoms with Crippen LogP contribution in [0.25, 0.3) is 0 Å². The van der Waals surface area contributed by atoms with E-state index in [1.807, 2.05) is 17.5 Å². The molecule has 1 aromatic heterocycles. The third-order valence-electron chi connectivity index (χ3n) is 4.89. The lowest BCUT2D eigenvalue weighted by Gasteiger charge is -2.26. The van der Waals surface area contributed by atoms with Crippen LogP contribution in [0.1, 0.15) is 52.3 Å². The van der Waals surface area contributed by atoms with Crippen molar-refractivity contribution in [3.63, 3.8) is 0 Å². The summed E-state index contributed by atoms with van der Waals surface area (Å²) in [6.45, 7) is 11.3. The number of carbonyl (C=O) groups is 3. The van der Waals surface area contributed by atoms with Gasteiger partial charge in [-0.3, -0.25) is 14.5 Å². The molecule has 1 aromatic rings. The van der Waals surface area contributed by atoms with Gasteiger partial charge < -0.3 is 10.2 Å². The fourth-order valence-corrected chi connectivity index (χ4v) is 3.83. The minimum atomic E-state index is -1.09. The summed E-state index contributed by atoms with van der Waals surface area (Å²) >= 11 is 1.42. The lowest BCUT2D eigenvalue weighted by atomic mass is 10.0. The minimum Gasteiger partial charge on any atom is -0.341 e. The summed E-state index contributed by atoms with van der Waals surface area (Å²) in [5, 5.41) is 4.62. The Bertz CT molecular complexity index is 660. The average Bonchev–Trinajstić information content (AvgIpc) is 3.19. The molecule has 27 heavy (non-hydrogen) atoms. The van der Waals surface area contributed by atoms with Crippen molar-refractivity contribution in [1.29, 1.82) is 0 Å². The molecule has 1 fully saturated rings. The first-order chi connectivity index (χ1) is 12.6. The SMILES string of the molecule is CC(C)CCN(CCC(C)C)C(=O)CN1C(=O)NC(C)(c2cccs2)C1=O. The highest BCUT2D eigenvalue weighted by Crippen LogP contribution is 2.31. The van der Waals surface area contributed by atoms with E-state index in [1.165, 1.54) is 11.3 Å². The molecule has 1 aliphatic rings. The average molecular weight is 394 g/mol. The Morgan fingerprint density at radius 2 is 1.78 bits per heavy atom. The first kappa shape index (κ1) is 21.4. The van der Waals surface area contributed by atoms with Crippen LogP contribution in [0.2, 0.25) is 0 Å². The third kappa shape index (κ3) is 5.09. The molecule has 2 heterocycles. The Morgan fingerprint density at radius 3 is 2.26 bits per heavy atom. The molecule has 0 aliphatic carbocycles. The van der Waals surface area contributed by atoms with E-state index >= 15 is 0 Å². The van der Waals surface area contributed by atoms with E-state index < -0.39 is 11.6 Å². The van der Waals surface area contributed by atoms with E-state index in [1.54, 1.807) is 11.8 Å². The maximum absolute atomic E-state index is 12.9. The van der Waals surface area contributed by atoms with Crippen LogP contribution >= 0.6 is 11.3 Å². The predicted molar refractivity (Wildman–Crippen MR) is 107 cm³/mol. The molecule has 7 heteroatoms. The van der Waals surface area contributed by atoms with E-state index in [-0.39, 0.29) is 18.4 Å². The number of hydrogen-bond acceptors (Lipinski definition) is 4. The maximum atomic E-state index is 12.9. The van der Waals surface area contributed by atoms with Gasteiger partial charge >= 0.3 is 6.03 Å². The van der Waals surface area contributed by atoms with Crippen LogP contribution in [0.3, 0.4) is 0 Å². The van der Waals surface area contributed by atoms with Gasteiger partial charge in [-0.15, -0.1) is 11.3 Å². The first-order valence-corrected chi connectivity index (χ1v) is 10.5. The second-order valence-corrected chi connectivity index (χ2v) is 9.12. The van der Waals surface area contributed by atoms with Gasteiger partial charge in [0, 0.05) is 18.0 Å². The van der Waals surface area contributed by atoms with Gasteiger partial charge in [-0.2, -0.15) is 0 Å². The summed E-state index contributed by atoms with van der Waals surface area (Å²) in [5.74, 6) is 0.433. The fraction of sp³-hybridized carbons (Fsp3) is 0.650. The van der Waals surface area contributed by atoms with E-state index in [0.29, 0.717) is 24.9 Å².